The number of amides is 2. The lowest BCUT2D eigenvalue weighted by atomic mass is 10.1. The zero-order chi connectivity index (χ0) is 22.7. The zero-order valence-electron chi connectivity index (χ0n) is 17.5. The van der Waals surface area contributed by atoms with E-state index in [0.717, 1.165) is 11.3 Å². The molecule has 4 aromatic rings. The molecule has 162 valence electrons. The maximum atomic E-state index is 13.0. The Hall–Kier alpha value is -3.84. The van der Waals surface area contributed by atoms with E-state index < -0.39 is 0 Å². The summed E-state index contributed by atoms with van der Waals surface area (Å²) in [5.41, 5.74) is 3.16. The molecule has 2 aromatic heterocycles. The van der Waals surface area contributed by atoms with Crippen molar-refractivity contribution in [2.75, 3.05) is 5.32 Å². The number of nitrogens with one attached hydrogen (secondary N) is 2. The number of rotatable bonds is 6. The molecule has 0 aliphatic carbocycles. The third-order valence-corrected chi connectivity index (χ3v) is 5.09. The molecule has 0 aliphatic heterocycles. The number of furan rings is 1. The number of benzene rings is 2. The standard InChI is InChI=1S/C24H21ClN4O3/c1-15(17-5-3-6-19(13-17)27-16(2)30)26-24(31)21-14-22(23-7-4-12-32-23)29(28-21)20-10-8-18(25)9-11-20/h3-15H,1-2H3,(H,26,31)(H,27,30). The highest BCUT2D eigenvalue weighted by Crippen LogP contribution is 2.26. The lowest BCUT2D eigenvalue weighted by Gasteiger charge is -2.14. The Morgan fingerprint density at radius 2 is 1.84 bits per heavy atom. The Kier molecular flexibility index (Phi) is 6.09. The maximum absolute atomic E-state index is 13.0. The first-order valence-electron chi connectivity index (χ1n) is 9.99. The molecule has 0 saturated carbocycles. The number of carbonyl (C=O) groups excluding carboxylic acids is 2. The molecule has 0 spiro atoms. The second kappa shape index (κ2) is 9.11. The molecule has 2 N–H and O–H groups in total. The van der Waals surface area contributed by atoms with Gasteiger partial charge >= 0.3 is 0 Å². The van der Waals surface area contributed by atoms with E-state index in [-0.39, 0.29) is 23.6 Å². The van der Waals surface area contributed by atoms with Crippen LogP contribution in [0.5, 0.6) is 0 Å². The first-order chi connectivity index (χ1) is 15.4. The summed E-state index contributed by atoms with van der Waals surface area (Å²) in [6, 6.07) is 19.5. The van der Waals surface area contributed by atoms with Crippen molar-refractivity contribution in [1.82, 2.24) is 15.1 Å². The SMILES string of the molecule is CC(=O)Nc1cccc(C(C)NC(=O)c2cc(-c3ccco3)n(-c3ccc(Cl)cc3)n2)c1. The van der Waals surface area contributed by atoms with Crippen LogP contribution in [0, 0.1) is 0 Å². The van der Waals surface area contributed by atoms with E-state index in [1.165, 1.54) is 6.92 Å². The molecule has 1 unspecified atom stereocenters. The molecule has 32 heavy (non-hydrogen) atoms. The number of aromatic nitrogens is 2. The van der Waals surface area contributed by atoms with Crippen LogP contribution >= 0.6 is 11.6 Å². The van der Waals surface area contributed by atoms with E-state index in [1.807, 2.05) is 37.3 Å². The van der Waals surface area contributed by atoms with E-state index in [1.54, 1.807) is 47.3 Å². The van der Waals surface area contributed by atoms with Crippen molar-refractivity contribution in [2.24, 2.45) is 0 Å². The normalized spacial score (nSPS) is 11.7. The Morgan fingerprint density at radius 1 is 1.06 bits per heavy atom. The Morgan fingerprint density at radius 3 is 2.53 bits per heavy atom. The molecule has 2 heterocycles. The smallest absolute Gasteiger partial charge is 0.272 e. The summed E-state index contributed by atoms with van der Waals surface area (Å²) in [7, 11) is 0. The molecule has 0 radical (unpaired) electrons. The molecule has 7 nitrogen and oxygen atoms in total. The molecule has 2 aromatic carbocycles. The second-order valence-corrected chi connectivity index (χ2v) is 7.72. The predicted molar refractivity (Wildman–Crippen MR) is 123 cm³/mol. The highest BCUT2D eigenvalue weighted by atomic mass is 35.5. The first-order valence-corrected chi connectivity index (χ1v) is 10.4. The molecule has 8 heteroatoms. The number of carbonyl (C=O) groups is 2. The van der Waals surface area contributed by atoms with Gasteiger partial charge < -0.3 is 15.1 Å². The van der Waals surface area contributed by atoms with Gasteiger partial charge in [-0.15, -0.1) is 0 Å². The van der Waals surface area contributed by atoms with Gasteiger partial charge in [0.2, 0.25) is 5.91 Å². The third-order valence-electron chi connectivity index (χ3n) is 4.84. The lowest BCUT2D eigenvalue weighted by Crippen LogP contribution is -2.27. The monoisotopic (exact) mass is 448 g/mol. The fourth-order valence-electron chi connectivity index (χ4n) is 3.31. The van der Waals surface area contributed by atoms with E-state index in [9.17, 15) is 9.59 Å². The highest BCUT2D eigenvalue weighted by molar-refractivity contribution is 6.30. The number of halogens is 1. The van der Waals surface area contributed by atoms with Crippen LogP contribution in [0.15, 0.2) is 77.4 Å². The van der Waals surface area contributed by atoms with Gasteiger partial charge in [0.1, 0.15) is 5.69 Å². The molecular formula is C24H21ClN4O3. The number of nitrogens with zero attached hydrogens (tertiary/aromatic N) is 2. The van der Waals surface area contributed by atoms with Gasteiger partial charge in [0, 0.05) is 23.7 Å². The Bertz CT molecular complexity index is 1250. The summed E-state index contributed by atoms with van der Waals surface area (Å²) in [6.07, 6.45) is 1.57. The van der Waals surface area contributed by atoms with E-state index in [0.29, 0.717) is 22.2 Å². The molecule has 0 bridgehead atoms. The molecule has 1 atom stereocenters. The van der Waals surface area contributed by atoms with E-state index >= 15 is 0 Å². The Balaban J connectivity index is 1.61. The summed E-state index contributed by atoms with van der Waals surface area (Å²) < 4.78 is 7.19. The van der Waals surface area contributed by atoms with Gasteiger partial charge in [-0.25, -0.2) is 4.68 Å². The summed E-state index contributed by atoms with van der Waals surface area (Å²) >= 11 is 6.01. The van der Waals surface area contributed by atoms with Gasteiger partial charge in [0.05, 0.1) is 18.0 Å². The number of anilines is 1. The quantitative estimate of drug-likeness (QED) is 0.422. The van der Waals surface area contributed by atoms with Crippen molar-refractivity contribution < 1.29 is 14.0 Å². The van der Waals surface area contributed by atoms with Crippen LogP contribution in [0.1, 0.15) is 35.9 Å². The summed E-state index contributed by atoms with van der Waals surface area (Å²) in [5, 5.41) is 10.8. The van der Waals surface area contributed by atoms with Crippen LogP contribution in [0.2, 0.25) is 5.02 Å². The van der Waals surface area contributed by atoms with Gasteiger partial charge in [-0.3, -0.25) is 9.59 Å². The van der Waals surface area contributed by atoms with Crippen molar-refractivity contribution in [3.8, 4) is 17.1 Å². The highest BCUT2D eigenvalue weighted by Gasteiger charge is 2.20. The summed E-state index contributed by atoms with van der Waals surface area (Å²) in [4.78, 5) is 24.3. The van der Waals surface area contributed by atoms with Gasteiger partial charge in [0.15, 0.2) is 11.5 Å². The van der Waals surface area contributed by atoms with Crippen molar-refractivity contribution in [1.29, 1.82) is 0 Å². The van der Waals surface area contributed by atoms with Crippen molar-refractivity contribution in [2.45, 2.75) is 19.9 Å². The minimum Gasteiger partial charge on any atom is -0.463 e. The summed E-state index contributed by atoms with van der Waals surface area (Å²) in [6.45, 7) is 3.32. The predicted octanol–water partition coefficient (Wildman–Crippen LogP) is 5.24. The number of hydrogen-bond acceptors (Lipinski definition) is 4. The fourth-order valence-corrected chi connectivity index (χ4v) is 3.44. The van der Waals surface area contributed by atoms with E-state index in [4.69, 9.17) is 16.0 Å². The molecule has 4 rings (SSSR count). The number of hydrogen-bond donors (Lipinski definition) is 2. The molecule has 0 fully saturated rings. The minimum absolute atomic E-state index is 0.156. The average Bonchev–Trinajstić information content (AvgIpc) is 3.44. The fraction of sp³-hybridized carbons (Fsp3) is 0.125. The van der Waals surface area contributed by atoms with Crippen molar-refractivity contribution >= 4 is 29.1 Å². The molecule has 0 aliphatic rings. The second-order valence-electron chi connectivity index (χ2n) is 7.28. The Labute approximate surface area is 190 Å². The largest absolute Gasteiger partial charge is 0.463 e. The topological polar surface area (TPSA) is 89.2 Å². The van der Waals surface area contributed by atoms with Gasteiger partial charge in [-0.1, -0.05) is 23.7 Å². The van der Waals surface area contributed by atoms with Crippen molar-refractivity contribution in [3.05, 3.63) is 89.3 Å². The van der Waals surface area contributed by atoms with Gasteiger partial charge in [0.25, 0.3) is 5.91 Å². The van der Waals surface area contributed by atoms with Gasteiger partial charge in [-0.2, -0.15) is 5.10 Å². The lowest BCUT2D eigenvalue weighted by molar-refractivity contribution is -0.114. The maximum Gasteiger partial charge on any atom is 0.272 e. The first kappa shape index (κ1) is 21.4. The van der Waals surface area contributed by atoms with Crippen LogP contribution in [0.4, 0.5) is 5.69 Å². The van der Waals surface area contributed by atoms with Crippen molar-refractivity contribution in [3.63, 3.8) is 0 Å². The van der Waals surface area contributed by atoms with Gasteiger partial charge in [-0.05, 0) is 61.0 Å². The van der Waals surface area contributed by atoms with Crippen LogP contribution in [0.3, 0.4) is 0 Å². The van der Waals surface area contributed by atoms with E-state index in [2.05, 4.69) is 15.7 Å². The minimum atomic E-state index is -0.331. The van der Waals surface area contributed by atoms with Crippen LogP contribution in [-0.2, 0) is 4.79 Å². The van der Waals surface area contributed by atoms with Crippen LogP contribution < -0.4 is 10.6 Å². The molecule has 0 saturated heterocycles. The average molecular weight is 449 g/mol. The summed E-state index contributed by atoms with van der Waals surface area (Å²) in [5.74, 6) is 0.0996. The van der Waals surface area contributed by atoms with Crippen LogP contribution in [-0.4, -0.2) is 21.6 Å². The zero-order valence-corrected chi connectivity index (χ0v) is 18.3. The molecular weight excluding hydrogens is 428 g/mol. The molecule has 2 amide bonds. The van der Waals surface area contributed by atoms with Crippen LogP contribution in [0.25, 0.3) is 17.1 Å². The third kappa shape index (κ3) is 4.73.